The molecule has 104 valence electrons. The topological polar surface area (TPSA) is 103 Å². The molecule has 8 heteroatoms. The van der Waals surface area contributed by atoms with Crippen molar-refractivity contribution >= 4 is 21.8 Å². The number of nitrogens with two attached hydrogens (primary N) is 1. The maximum Gasteiger partial charge on any atom is 0.310 e. The first-order chi connectivity index (χ1) is 8.95. The number of nitrogens with zero attached hydrogens (tertiary/aromatic N) is 2. The summed E-state index contributed by atoms with van der Waals surface area (Å²) in [6, 6.07) is 2.84. The molecule has 0 spiro atoms. The van der Waals surface area contributed by atoms with Gasteiger partial charge in [0.2, 0.25) is 10.0 Å². The third-order valence-electron chi connectivity index (χ3n) is 3.08. The number of carbonyl (C=O) groups is 1. The van der Waals surface area contributed by atoms with Gasteiger partial charge in [-0.2, -0.15) is 4.31 Å². The van der Waals surface area contributed by atoms with E-state index in [0.29, 0.717) is 13.0 Å². The molecule has 1 aliphatic rings. The zero-order valence-electron chi connectivity index (χ0n) is 10.4. The monoisotopic (exact) mass is 285 g/mol. The summed E-state index contributed by atoms with van der Waals surface area (Å²) in [5.41, 5.74) is 5.42. The molecule has 1 fully saturated rings. The summed E-state index contributed by atoms with van der Waals surface area (Å²) in [5.74, 6) is -0.526. The lowest BCUT2D eigenvalue weighted by atomic mass is 10.1. The van der Waals surface area contributed by atoms with E-state index in [1.807, 2.05) is 0 Å². The van der Waals surface area contributed by atoms with Gasteiger partial charge < -0.3 is 10.5 Å². The molecule has 0 aliphatic carbocycles. The standard InChI is InChI=1S/C11H15N3O4S/c1-18-11(15)8-4-5-14(7-8)19(16,17)9-2-3-10(12)13-6-9/h2-3,6,8H,4-5,7H2,1H3,(H2,12,13). The normalized spacial score (nSPS) is 20.4. The molecule has 0 amide bonds. The summed E-state index contributed by atoms with van der Waals surface area (Å²) in [6.07, 6.45) is 1.68. The Hall–Kier alpha value is -1.67. The Morgan fingerprint density at radius 2 is 2.26 bits per heavy atom. The minimum absolute atomic E-state index is 0.0761. The molecule has 1 unspecified atom stereocenters. The van der Waals surface area contributed by atoms with Crippen molar-refractivity contribution in [1.82, 2.24) is 9.29 Å². The highest BCUT2D eigenvalue weighted by Gasteiger charge is 2.36. The Labute approximate surface area is 111 Å². The number of methoxy groups -OCH3 is 1. The molecule has 19 heavy (non-hydrogen) atoms. The predicted molar refractivity (Wildman–Crippen MR) is 67.5 cm³/mol. The van der Waals surface area contributed by atoms with Crippen LogP contribution in [0.25, 0.3) is 0 Å². The van der Waals surface area contributed by atoms with Gasteiger partial charge in [0.05, 0.1) is 13.0 Å². The number of anilines is 1. The van der Waals surface area contributed by atoms with Crippen LogP contribution in [0.5, 0.6) is 0 Å². The summed E-state index contributed by atoms with van der Waals surface area (Å²) in [6.45, 7) is 0.436. The summed E-state index contributed by atoms with van der Waals surface area (Å²) in [5, 5.41) is 0. The van der Waals surface area contributed by atoms with Crippen LogP contribution in [0.1, 0.15) is 6.42 Å². The second-order valence-corrected chi connectivity index (χ2v) is 6.23. The van der Waals surface area contributed by atoms with Crippen molar-refractivity contribution < 1.29 is 17.9 Å². The first kappa shape index (κ1) is 13.8. The molecule has 2 heterocycles. The minimum Gasteiger partial charge on any atom is -0.469 e. The van der Waals surface area contributed by atoms with Gasteiger partial charge in [-0.05, 0) is 18.6 Å². The Bertz CT molecular complexity index is 570. The van der Waals surface area contributed by atoms with Crippen LogP contribution in [0.15, 0.2) is 23.2 Å². The Balaban J connectivity index is 2.18. The van der Waals surface area contributed by atoms with Crippen molar-refractivity contribution in [2.75, 3.05) is 25.9 Å². The SMILES string of the molecule is COC(=O)C1CCN(S(=O)(=O)c2ccc(N)nc2)C1. The van der Waals surface area contributed by atoms with Crippen molar-refractivity contribution in [2.24, 2.45) is 5.92 Å². The first-order valence-corrected chi connectivity index (χ1v) is 7.18. The number of ether oxygens (including phenoxy) is 1. The molecule has 2 rings (SSSR count). The molecule has 1 atom stereocenters. The van der Waals surface area contributed by atoms with Crippen LogP contribution in [0.3, 0.4) is 0 Å². The van der Waals surface area contributed by atoms with E-state index in [1.165, 1.54) is 29.7 Å². The number of aromatic nitrogens is 1. The van der Waals surface area contributed by atoms with Gasteiger partial charge in [0.1, 0.15) is 10.7 Å². The van der Waals surface area contributed by atoms with Crippen LogP contribution in [0, 0.1) is 5.92 Å². The van der Waals surface area contributed by atoms with E-state index in [0.717, 1.165) is 0 Å². The molecule has 1 saturated heterocycles. The van der Waals surface area contributed by atoms with E-state index in [1.54, 1.807) is 0 Å². The van der Waals surface area contributed by atoms with E-state index in [9.17, 15) is 13.2 Å². The number of sulfonamides is 1. The number of hydrogen-bond donors (Lipinski definition) is 1. The molecule has 1 aromatic heterocycles. The summed E-state index contributed by atoms with van der Waals surface area (Å²) >= 11 is 0. The Morgan fingerprint density at radius 3 is 2.84 bits per heavy atom. The predicted octanol–water partition coefficient (Wildman–Crippen LogP) is -0.153. The largest absolute Gasteiger partial charge is 0.469 e. The summed E-state index contributed by atoms with van der Waals surface area (Å²) in [7, 11) is -2.33. The van der Waals surface area contributed by atoms with E-state index in [2.05, 4.69) is 9.72 Å². The Morgan fingerprint density at radius 1 is 1.53 bits per heavy atom. The zero-order chi connectivity index (χ0) is 14.0. The van der Waals surface area contributed by atoms with Gasteiger partial charge in [0, 0.05) is 19.3 Å². The molecule has 7 nitrogen and oxygen atoms in total. The highest BCUT2D eigenvalue weighted by molar-refractivity contribution is 7.89. The van der Waals surface area contributed by atoms with Crippen LogP contribution in [-0.2, 0) is 19.6 Å². The number of carbonyl (C=O) groups excluding carboxylic acids is 1. The van der Waals surface area contributed by atoms with Gasteiger partial charge in [-0.15, -0.1) is 0 Å². The fourth-order valence-corrected chi connectivity index (χ4v) is 3.44. The van der Waals surface area contributed by atoms with Crippen molar-refractivity contribution in [3.63, 3.8) is 0 Å². The molecule has 2 N–H and O–H groups in total. The molecular weight excluding hydrogens is 270 g/mol. The zero-order valence-corrected chi connectivity index (χ0v) is 11.3. The average Bonchev–Trinajstić information content (AvgIpc) is 2.88. The molecule has 0 aromatic carbocycles. The number of hydrogen-bond acceptors (Lipinski definition) is 6. The smallest absolute Gasteiger partial charge is 0.310 e. The highest BCUT2D eigenvalue weighted by atomic mass is 32.2. The third kappa shape index (κ3) is 2.69. The summed E-state index contributed by atoms with van der Waals surface area (Å²) < 4.78 is 30.5. The molecule has 1 aliphatic heterocycles. The van der Waals surface area contributed by atoms with Gasteiger partial charge in [-0.3, -0.25) is 4.79 Å². The maximum atomic E-state index is 12.3. The first-order valence-electron chi connectivity index (χ1n) is 5.74. The molecule has 1 aromatic rings. The quantitative estimate of drug-likeness (QED) is 0.775. The highest BCUT2D eigenvalue weighted by Crippen LogP contribution is 2.24. The van der Waals surface area contributed by atoms with Gasteiger partial charge in [-0.25, -0.2) is 13.4 Å². The van der Waals surface area contributed by atoms with Gasteiger partial charge >= 0.3 is 5.97 Å². The minimum atomic E-state index is -3.62. The lowest BCUT2D eigenvalue weighted by molar-refractivity contribution is -0.144. The van der Waals surface area contributed by atoms with E-state index >= 15 is 0 Å². The third-order valence-corrected chi connectivity index (χ3v) is 4.93. The second-order valence-electron chi connectivity index (χ2n) is 4.29. The molecular formula is C11H15N3O4S. The average molecular weight is 285 g/mol. The van der Waals surface area contributed by atoms with Gasteiger partial charge in [0.25, 0.3) is 0 Å². The Kier molecular flexibility index (Phi) is 3.72. The summed E-state index contributed by atoms with van der Waals surface area (Å²) in [4.78, 5) is 15.2. The van der Waals surface area contributed by atoms with Gasteiger partial charge in [0.15, 0.2) is 0 Å². The number of nitrogen functional groups attached to an aromatic ring is 1. The van der Waals surface area contributed by atoms with E-state index in [4.69, 9.17) is 5.73 Å². The lowest BCUT2D eigenvalue weighted by Crippen LogP contribution is -2.30. The maximum absolute atomic E-state index is 12.3. The van der Waals surface area contributed by atoms with E-state index < -0.39 is 15.9 Å². The number of rotatable bonds is 3. The molecule has 0 saturated carbocycles. The molecule has 0 radical (unpaired) electrons. The fraction of sp³-hybridized carbons (Fsp3) is 0.455. The van der Waals surface area contributed by atoms with Crippen molar-refractivity contribution in [3.05, 3.63) is 18.3 Å². The molecule has 0 bridgehead atoms. The number of pyridine rings is 1. The van der Waals surface area contributed by atoms with Crippen molar-refractivity contribution in [2.45, 2.75) is 11.3 Å². The van der Waals surface area contributed by atoms with Crippen LogP contribution in [0.2, 0.25) is 0 Å². The van der Waals surface area contributed by atoms with Crippen LogP contribution in [0.4, 0.5) is 5.82 Å². The van der Waals surface area contributed by atoms with Crippen LogP contribution in [-0.4, -0.2) is 43.9 Å². The van der Waals surface area contributed by atoms with Gasteiger partial charge in [-0.1, -0.05) is 0 Å². The lowest BCUT2D eigenvalue weighted by Gasteiger charge is -2.15. The van der Waals surface area contributed by atoms with Crippen molar-refractivity contribution in [3.8, 4) is 0 Å². The number of esters is 1. The van der Waals surface area contributed by atoms with Crippen LogP contribution < -0.4 is 5.73 Å². The van der Waals surface area contributed by atoms with E-state index in [-0.39, 0.29) is 23.2 Å². The van der Waals surface area contributed by atoms with Crippen molar-refractivity contribution in [1.29, 1.82) is 0 Å². The second kappa shape index (κ2) is 5.14. The fourth-order valence-electron chi connectivity index (χ4n) is 2.00. The van der Waals surface area contributed by atoms with Crippen LogP contribution >= 0.6 is 0 Å².